The minimum Gasteiger partial charge on any atom is -0.299 e. The molecular formula is C15H20OS. The van der Waals surface area contributed by atoms with E-state index in [1.807, 2.05) is 0 Å². The fourth-order valence-corrected chi connectivity index (χ4v) is 2.89. The highest BCUT2D eigenvalue weighted by Crippen LogP contribution is 2.37. The van der Waals surface area contributed by atoms with Gasteiger partial charge < -0.3 is 0 Å². The Kier molecular flexibility index (Phi) is 3.62. The van der Waals surface area contributed by atoms with E-state index in [0.29, 0.717) is 17.5 Å². The standard InChI is InChI=1S/C15H20OS/c1-15(2,3)17-10-13(16)9-12-8-11-6-4-5-7-14(11)12/h4-7,12H,8-10H2,1-3H3. The van der Waals surface area contributed by atoms with Crippen LogP contribution in [0.15, 0.2) is 24.3 Å². The number of benzene rings is 1. The number of carbonyl (C=O) groups is 1. The first-order valence-electron chi connectivity index (χ1n) is 6.19. The van der Waals surface area contributed by atoms with Crippen LogP contribution in [0.4, 0.5) is 0 Å². The van der Waals surface area contributed by atoms with Gasteiger partial charge in [-0.3, -0.25) is 4.79 Å². The summed E-state index contributed by atoms with van der Waals surface area (Å²) in [6.07, 6.45) is 1.81. The van der Waals surface area contributed by atoms with Crippen molar-refractivity contribution in [3.05, 3.63) is 35.4 Å². The highest BCUT2D eigenvalue weighted by atomic mass is 32.2. The maximum Gasteiger partial charge on any atom is 0.143 e. The summed E-state index contributed by atoms with van der Waals surface area (Å²) in [5.41, 5.74) is 2.82. The van der Waals surface area contributed by atoms with Crippen LogP contribution in [0.5, 0.6) is 0 Å². The molecule has 1 aromatic rings. The molecule has 0 aliphatic heterocycles. The molecule has 1 aromatic carbocycles. The maximum absolute atomic E-state index is 11.9. The Bertz CT molecular complexity index is 417. The van der Waals surface area contributed by atoms with E-state index in [1.54, 1.807) is 11.8 Å². The van der Waals surface area contributed by atoms with Crippen LogP contribution in [0.2, 0.25) is 0 Å². The Morgan fingerprint density at radius 2 is 2.06 bits per heavy atom. The van der Waals surface area contributed by atoms with E-state index in [2.05, 4.69) is 45.0 Å². The molecule has 0 fully saturated rings. The molecule has 92 valence electrons. The number of carbonyl (C=O) groups excluding carboxylic acids is 1. The van der Waals surface area contributed by atoms with Gasteiger partial charge in [-0.2, -0.15) is 0 Å². The summed E-state index contributed by atoms with van der Waals surface area (Å²) in [5, 5.41) is 0. The first kappa shape index (κ1) is 12.7. The van der Waals surface area contributed by atoms with Crippen molar-refractivity contribution in [2.24, 2.45) is 0 Å². The second kappa shape index (κ2) is 4.85. The molecule has 0 spiro atoms. The van der Waals surface area contributed by atoms with Gasteiger partial charge in [0.05, 0.1) is 5.75 Å². The first-order valence-corrected chi connectivity index (χ1v) is 7.18. The van der Waals surface area contributed by atoms with Crippen molar-refractivity contribution in [2.75, 3.05) is 5.75 Å². The predicted molar refractivity (Wildman–Crippen MR) is 74.7 cm³/mol. The summed E-state index contributed by atoms with van der Waals surface area (Å²) in [5.74, 6) is 1.53. The van der Waals surface area contributed by atoms with Crippen molar-refractivity contribution in [1.82, 2.24) is 0 Å². The number of fused-ring (bicyclic) bond motifs is 1. The van der Waals surface area contributed by atoms with Gasteiger partial charge in [0.25, 0.3) is 0 Å². The third-order valence-corrected chi connectivity index (χ3v) is 4.43. The number of rotatable bonds is 4. The number of thioether (sulfide) groups is 1. The molecule has 0 radical (unpaired) electrons. The lowest BCUT2D eigenvalue weighted by atomic mass is 9.75. The number of ketones is 1. The molecule has 17 heavy (non-hydrogen) atoms. The van der Waals surface area contributed by atoms with E-state index < -0.39 is 0 Å². The fraction of sp³-hybridized carbons (Fsp3) is 0.533. The zero-order chi connectivity index (χ0) is 12.5. The molecule has 1 aliphatic carbocycles. The van der Waals surface area contributed by atoms with Gasteiger partial charge in [0.1, 0.15) is 5.78 Å². The molecule has 0 saturated carbocycles. The van der Waals surface area contributed by atoms with Crippen LogP contribution in [0.1, 0.15) is 44.2 Å². The minimum atomic E-state index is 0.188. The van der Waals surface area contributed by atoms with Crippen LogP contribution in [0, 0.1) is 0 Å². The van der Waals surface area contributed by atoms with E-state index in [9.17, 15) is 4.79 Å². The Balaban J connectivity index is 1.82. The van der Waals surface area contributed by atoms with Gasteiger partial charge in [0, 0.05) is 11.2 Å². The number of Topliss-reactive ketones (excluding diaryl/α,β-unsaturated/α-hetero) is 1. The molecule has 2 heteroatoms. The zero-order valence-electron chi connectivity index (χ0n) is 10.8. The smallest absolute Gasteiger partial charge is 0.143 e. The van der Waals surface area contributed by atoms with Crippen molar-refractivity contribution >= 4 is 17.5 Å². The largest absolute Gasteiger partial charge is 0.299 e. The number of hydrogen-bond acceptors (Lipinski definition) is 2. The highest BCUT2D eigenvalue weighted by molar-refractivity contribution is 8.01. The molecule has 2 rings (SSSR count). The van der Waals surface area contributed by atoms with Crippen LogP contribution < -0.4 is 0 Å². The van der Waals surface area contributed by atoms with Crippen LogP contribution in [0.3, 0.4) is 0 Å². The van der Waals surface area contributed by atoms with Gasteiger partial charge in [-0.05, 0) is 23.5 Å². The molecule has 0 amide bonds. The van der Waals surface area contributed by atoms with Gasteiger partial charge in [-0.25, -0.2) is 0 Å². The molecule has 1 atom stereocenters. The van der Waals surface area contributed by atoms with Crippen molar-refractivity contribution in [1.29, 1.82) is 0 Å². The molecule has 0 saturated heterocycles. The third-order valence-electron chi connectivity index (χ3n) is 3.10. The van der Waals surface area contributed by atoms with E-state index in [0.717, 1.165) is 12.8 Å². The summed E-state index contributed by atoms with van der Waals surface area (Å²) in [7, 11) is 0. The van der Waals surface area contributed by atoms with Crippen LogP contribution in [-0.4, -0.2) is 16.3 Å². The van der Waals surface area contributed by atoms with Crippen LogP contribution in [-0.2, 0) is 11.2 Å². The first-order chi connectivity index (χ1) is 7.96. The van der Waals surface area contributed by atoms with Gasteiger partial charge >= 0.3 is 0 Å². The Hall–Kier alpha value is -0.760. The summed E-state index contributed by atoms with van der Waals surface area (Å²) in [6.45, 7) is 6.47. The highest BCUT2D eigenvalue weighted by Gasteiger charge is 2.27. The van der Waals surface area contributed by atoms with E-state index in [4.69, 9.17) is 0 Å². The average molecular weight is 248 g/mol. The molecule has 1 nitrogen and oxygen atoms in total. The maximum atomic E-state index is 11.9. The Morgan fingerprint density at radius 3 is 2.71 bits per heavy atom. The summed E-state index contributed by atoms with van der Waals surface area (Å²) >= 11 is 1.75. The van der Waals surface area contributed by atoms with E-state index in [-0.39, 0.29) is 4.75 Å². The Morgan fingerprint density at radius 1 is 1.35 bits per heavy atom. The quantitative estimate of drug-likeness (QED) is 0.806. The summed E-state index contributed by atoms with van der Waals surface area (Å²) in [4.78, 5) is 11.9. The van der Waals surface area contributed by atoms with Gasteiger partial charge in [-0.1, -0.05) is 45.0 Å². The fourth-order valence-electron chi connectivity index (χ4n) is 2.18. The lowest BCUT2D eigenvalue weighted by molar-refractivity contribution is -0.117. The summed E-state index contributed by atoms with van der Waals surface area (Å²) < 4.78 is 0.188. The topological polar surface area (TPSA) is 17.1 Å². The van der Waals surface area contributed by atoms with Gasteiger partial charge in [0.2, 0.25) is 0 Å². The number of hydrogen-bond donors (Lipinski definition) is 0. The van der Waals surface area contributed by atoms with Crippen LogP contribution in [0.25, 0.3) is 0 Å². The lowest BCUT2D eigenvalue weighted by Crippen LogP contribution is -2.22. The second-order valence-electron chi connectivity index (χ2n) is 5.74. The Labute approximate surface area is 108 Å². The third kappa shape index (κ3) is 3.35. The molecular weight excluding hydrogens is 228 g/mol. The van der Waals surface area contributed by atoms with Crippen molar-refractivity contribution in [2.45, 2.75) is 44.3 Å². The van der Waals surface area contributed by atoms with Crippen molar-refractivity contribution < 1.29 is 4.79 Å². The minimum absolute atomic E-state index is 0.188. The zero-order valence-corrected chi connectivity index (χ0v) is 11.6. The molecule has 0 N–H and O–H groups in total. The van der Waals surface area contributed by atoms with Gasteiger partial charge in [0.15, 0.2) is 0 Å². The molecule has 0 bridgehead atoms. The van der Waals surface area contributed by atoms with E-state index in [1.165, 1.54) is 11.1 Å². The monoisotopic (exact) mass is 248 g/mol. The molecule has 1 unspecified atom stereocenters. The predicted octanol–water partition coefficient (Wildman–Crippen LogP) is 3.82. The SMILES string of the molecule is CC(C)(C)SCC(=O)CC1Cc2ccccc21. The van der Waals surface area contributed by atoms with Crippen LogP contribution >= 0.6 is 11.8 Å². The van der Waals surface area contributed by atoms with Crippen molar-refractivity contribution in [3.8, 4) is 0 Å². The summed E-state index contributed by atoms with van der Waals surface area (Å²) in [6, 6.07) is 8.47. The average Bonchev–Trinajstić information content (AvgIpc) is 2.22. The van der Waals surface area contributed by atoms with Crippen molar-refractivity contribution in [3.63, 3.8) is 0 Å². The normalized spacial score (nSPS) is 18.4. The van der Waals surface area contributed by atoms with Gasteiger partial charge in [-0.15, -0.1) is 11.8 Å². The second-order valence-corrected chi connectivity index (χ2v) is 7.55. The van der Waals surface area contributed by atoms with E-state index >= 15 is 0 Å². The molecule has 0 aromatic heterocycles. The molecule has 1 aliphatic rings. The lowest BCUT2D eigenvalue weighted by Gasteiger charge is -2.29. The molecule has 0 heterocycles.